The Kier molecular flexibility index (Phi) is 4.42. The van der Waals surface area contributed by atoms with E-state index < -0.39 is 5.97 Å². The molecule has 0 bridgehead atoms. The molecule has 0 aliphatic heterocycles. The molecule has 0 fully saturated rings. The number of hydrogen-bond donors (Lipinski definition) is 1. The molecule has 1 aromatic heterocycles. The van der Waals surface area contributed by atoms with Crippen LogP contribution >= 0.6 is 0 Å². The van der Waals surface area contributed by atoms with Gasteiger partial charge in [-0.25, -0.2) is 9.78 Å². The Morgan fingerprint density at radius 2 is 2.10 bits per heavy atom. The Hall–Kier alpha value is -1.85. The molecule has 1 heterocycles. The summed E-state index contributed by atoms with van der Waals surface area (Å²) in [5, 5.41) is 10.1. The minimum atomic E-state index is -0.847. The molecule has 0 aliphatic carbocycles. The molecular weight excluding hydrogens is 258 g/mol. The van der Waals surface area contributed by atoms with Crippen LogP contribution in [0.4, 0.5) is 0 Å². The van der Waals surface area contributed by atoms with Crippen molar-refractivity contribution in [2.24, 2.45) is 0 Å². The Balaban J connectivity index is 2.48. The van der Waals surface area contributed by atoms with E-state index >= 15 is 0 Å². The highest BCUT2D eigenvalue weighted by molar-refractivity contribution is 5.88. The number of aliphatic carboxylic acids is 1. The minimum Gasteiger partial charge on any atom is -0.480 e. The molecule has 2 rings (SSSR count). The van der Waals surface area contributed by atoms with Crippen LogP contribution in [0.1, 0.15) is 16.7 Å². The fourth-order valence-electron chi connectivity index (χ4n) is 2.61. The molecule has 0 aliphatic rings. The van der Waals surface area contributed by atoms with E-state index in [2.05, 4.69) is 11.0 Å². The zero-order valence-corrected chi connectivity index (χ0v) is 12.0. The molecule has 20 heavy (non-hydrogen) atoms. The molecule has 0 saturated heterocycles. The number of aryl methyl sites for hydroxylation is 2. The lowest BCUT2D eigenvalue weighted by atomic mass is 10.0. The van der Waals surface area contributed by atoms with Gasteiger partial charge in [0, 0.05) is 23.5 Å². The average Bonchev–Trinajstić information content (AvgIpc) is 2.67. The predicted octanol–water partition coefficient (Wildman–Crippen LogP) is 2.46. The second-order valence-electron chi connectivity index (χ2n) is 4.89. The number of carboxylic acid groups (broad SMARTS) is 1. The fraction of sp³-hybridized carbons (Fsp3) is 0.400. The third kappa shape index (κ3) is 3.00. The number of carboxylic acids is 1. The average molecular weight is 277 g/mol. The normalized spacial score (nSPS) is 11.2. The smallest absolute Gasteiger partial charge is 0.323 e. The highest BCUT2D eigenvalue weighted by Crippen LogP contribution is 2.27. The van der Waals surface area contributed by atoms with Crippen LogP contribution in [0.15, 0.2) is 18.3 Å². The highest BCUT2D eigenvalue weighted by atomic mass is 17.2. The summed E-state index contributed by atoms with van der Waals surface area (Å²) in [5.74, 6) is -0.847. The van der Waals surface area contributed by atoms with Gasteiger partial charge in [0.2, 0.25) is 0 Å². The van der Waals surface area contributed by atoms with Crippen molar-refractivity contribution < 1.29 is 19.7 Å². The molecule has 0 atom stereocenters. The molecule has 5 heteroatoms. The van der Waals surface area contributed by atoms with E-state index in [4.69, 9.17) is 9.99 Å². The SMILES string of the molecule is COOCCc1cn(CC(=O)O)c2cc(C)cc(C)c12. The number of fused-ring (bicyclic) bond motifs is 1. The van der Waals surface area contributed by atoms with Crippen LogP contribution in [0.2, 0.25) is 0 Å². The highest BCUT2D eigenvalue weighted by Gasteiger charge is 2.13. The number of carbonyl (C=O) groups is 1. The topological polar surface area (TPSA) is 60.7 Å². The Bertz CT molecular complexity index is 630. The Morgan fingerprint density at radius 1 is 1.35 bits per heavy atom. The van der Waals surface area contributed by atoms with Crippen LogP contribution in [0.5, 0.6) is 0 Å². The third-order valence-corrected chi connectivity index (χ3v) is 3.28. The first-order chi connectivity index (χ1) is 9.52. The van der Waals surface area contributed by atoms with Crippen molar-refractivity contribution in [1.82, 2.24) is 4.57 Å². The Labute approximate surface area is 117 Å². The standard InChI is InChI=1S/C15H19NO4/c1-10-6-11(2)15-12(4-5-20-19-3)8-16(9-14(17)18)13(15)7-10/h6-8H,4-5,9H2,1-3H3,(H,17,18). The van der Waals surface area contributed by atoms with Crippen LogP contribution in [0.25, 0.3) is 10.9 Å². The second-order valence-corrected chi connectivity index (χ2v) is 4.89. The van der Waals surface area contributed by atoms with Gasteiger partial charge in [0.1, 0.15) is 6.54 Å². The third-order valence-electron chi connectivity index (χ3n) is 3.28. The second kappa shape index (κ2) is 6.07. The first kappa shape index (κ1) is 14.6. The van der Waals surface area contributed by atoms with Crippen LogP contribution in [0, 0.1) is 13.8 Å². The predicted molar refractivity (Wildman–Crippen MR) is 75.7 cm³/mol. The molecule has 2 aromatic rings. The van der Waals surface area contributed by atoms with Crippen molar-refractivity contribution in [1.29, 1.82) is 0 Å². The maximum atomic E-state index is 11.0. The lowest BCUT2D eigenvalue weighted by molar-refractivity contribution is -0.271. The van der Waals surface area contributed by atoms with Gasteiger partial charge in [-0.2, -0.15) is 0 Å². The van der Waals surface area contributed by atoms with Crippen molar-refractivity contribution in [3.05, 3.63) is 35.0 Å². The summed E-state index contributed by atoms with van der Waals surface area (Å²) in [6.45, 7) is 4.46. The molecule has 0 amide bonds. The molecule has 1 aromatic carbocycles. The number of hydrogen-bond acceptors (Lipinski definition) is 3. The van der Waals surface area contributed by atoms with Crippen LogP contribution < -0.4 is 0 Å². The van der Waals surface area contributed by atoms with Crippen molar-refractivity contribution in [2.75, 3.05) is 13.7 Å². The number of aromatic nitrogens is 1. The number of benzene rings is 1. The van der Waals surface area contributed by atoms with Crippen molar-refractivity contribution in [3.63, 3.8) is 0 Å². The molecule has 1 N–H and O–H groups in total. The molecule has 0 radical (unpaired) electrons. The van der Waals surface area contributed by atoms with Crippen LogP contribution in [-0.4, -0.2) is 29.4 Å². The van der Waals surface area contributed by atoms with Gasteiger partial charge in [-0.3, -0.25) is 4.79 Å². The largest absolute Gasteiger partial charge is 0.480 e. The van der Waals surface area contributed by atoms with E-state index in [0.29, 0.717) is 13.0 Å². The van der Waals surface area contributed by atoms with Gasteiger partial charge in [0.25, 0.3) is 0 Å². The Morgan fingerprint density at radius 3 is 2.75 bits per heavy atom. The lowest BCUT2D eigenvalue weighted by Gasteiger charge is -2.05. The van der Waals surface area contributed by atoms with Crippen molar-refractivity contribution in [3.8, 4) is 0 Å². The van der Waals surface area contributed by atoms with Gasteiger partial charge in [0.15, 0.2) is 0 Å². The van der Waals surface area contributed by atoms with Crippen LogP contribution in [0.3, 0.4) is 0 Å². The monoisotopic (exact) mass is 277 g/mol. The maximum Gasteiger partial charge on any atom is 0.323 e. The quantitative estimate of drug-likeness (QED) is 0.500. The molecule has 0 spiro atoms. The summed E-state index contributed by atoms with van der Waals surface area (Å²) < 4.78 is 1.78. The fourth-order valence-corrected chi connectivity index (χ4v) is 2.61. The van der Waals surface area contributed by atoms with E-state index in [1.165, 1.54) is 7.11 Å². The van der Waals surface area contributed by atoms with Gasteiger partial charge in [-0.15, -0.1) is 0 Å². The molecule has 108 valence electrons. The van der Waals surface area contributed by atoms with E-state index in [0.717, 1.165) is 27.6 Å². The van der Waals surface area contributed by atoms with E-state index in [1.807, 2.05) is 26.1 Å². The van der Waals surface area contributed by atoms with Gasteiger partial charge < -0.3 is 9.67 Å². The minimum absolute atomic E-state index is 0.0372. The van der Waals surface area contributed by atoms with E-state index in [9.17, 15) is 4.79 Å². The summed E-state index contributed by atoms with van der Waals surface area (Å²) in [6.07, 6.45) is 2.57. The summed E-state index contributed by atoms with van der Waals surface area (Å²) in [6, 6.07) is 4.13. The molecule has 0 unspecified atom stereocenters. The molecule has 0 saturated carbocycles. The van der Waals surface area contributed by atoms with Gasteiger partial charge in [-0.05, 0) is 36.6 Å². The van der Waals surface area contributed by atoms with Gasteiger partial charge in [0.05, 0.1) is 13.7 Å². The summed E-state index contributed by atoms with van der Waals surface area (Å²) >= 11 is 0. The first-order valence-electron chi connectivity index (χ1n) is 6.49. The van der Waals surface area contributed by atoms with Gasteiger partial charge in [-0.1, -0.05) is 6.07 Å². The van der Waals surface area contributed by atoms with Crippen molar-refractivity contribution >= 4 is 16.9 Å². The first-order valence-corrected chi connectivity index (χ1v) is 6.49. The number of rotatable bonds is 6. The van der Waals surface area contributed by atoms with E-state index in [1.54, 1.807) is 4.57 Å². The van der Waals surface area contributed by atoms with Crippen molar-refractivity contribution in [2.45, 2.75) is 26.8 Å². The zero-order valence-electron chi connectivity index (χ0n) is 12.0. The summed E-state index contributed by atoms with van der Waals surface area (Å²) in [5.41, 5.74) is 4.31. The van der Waals surface area contributed by atoms with E-state index in [-0.39, 0.29) is 6.54 Å². The number of nitrogens with zero attached hydrogens (tertiary/aromatic N) is 1. The molecule has 5 nitrogen and oxygen atoms in total. The maximum absolute atomic E-state index is 11.0. The van der Waals surface area contributed by atoms with Gasteiger partial charge >= 0.3 is 5.97 Å². The zero-order chi connectivity index (χ0) is 14.7. The van der Waals surface area contributed by atoms with Crippen LogP contribution in [-0.2, 0) is 27.5 Å². The molecular formula is C15H19NO4. The summed E-state index contributed by atoms with van der Waals surface area (Å²) in [7, 11) is 1.47. The lowest BCUT2D eigenvalue weighted by Crippen LogP contribution is -2.07. The summed E-state index contributed by atoms with van der Waals surface area (Å²) in [4.78, 5) is 20.5.